The largest absolute Gasteiger partial charge is 0.448 e. The second kappa shape index (κ2) is 5.00. The van der Waals surface area contributed by atoms with Gasteiger partial charge in [0.1, 0.15) is 5.76 Å². The summed E-state index contributed by atoms with van der Waals surface area (Å²) in [7, 11) is 0. The van der Waals surface area contributed by atoms with Crippen molar-refractivity contribution in [3.8, 4) is 0 Å². The molecule has 0 bridgehead atoms. The Morgan fingerprint density at radius 1 is 1.38 bits per heavy atom. The number of hydrogen-bond acceptors (Lipinski definition) is 3. The minimum absolute atomic E-state index is 0.279. The Balaban J connectivity index is 2.21. The van der Waals surface area contributed by atoms with Crippen LogP contribution in [0.15, 0.2) is 10.8 Å². The predicted octanol–water partition coefficient (Wildman–Crippen LogP) is 3.01. The van der Waals surface area contributed by atoms with Crippen LogP contribution < -0.4 is 5.32 Å². The van der Waals surface area contributed by atoms with Crippen molar-refractivity contribution < 1.29 is 4.42 Å². The van der Waals surface area contributed by atoms with Crippen LogP contribution in [-0.2, 0) is 12.0 Å². The SMILES string of the molecule is CCNCc1ncoc1C1(CC)CCCC1. The number of rotatable bonds is 5. The van der Waals surface area contributed by atoms with E-state index in [1.165, 1.54) is 32.1 Å². The molecule has 1 aliphatic rings. The fourth-order valence-corrected chi connectivity index (χ4v) is 2.86. The Labute approximate surface area is 97.6 Å². The fourth-order valence-electron chi connectivity index (χ4n) is 2.86. The summed E-state index contributed by atoms with van der Waals surface area (Å²) in [6, 6.07) is 0. The molecular formula is C13H22N2O. The summed E-state index contributed by atoms with van der Waals surface area (Å²) in [6.45, 7) is 6.20. The van der Waals surface area contributed by atoms with Crippen molar-refractivity contribution in [2.45, 2.75) is 57.9 Å². The second-order valence-corrected chi connectivity index (χ2v) is 4.75. The van der Waals surface area contributed by atoms with Gasteiger partial charge in [0.15, 0.2) is 6.39 Å². The van der Waals surface area contributed by atoms with Gasteiger partial charge in [-0.1, -0.05) is 26.7 Å². The molecule has 3 nitrogen and oxygen atoms in total. The fraction of sp³-hybridized carbons (Fsp3) is 0.769. The maximum absolute atomic E-state index is 5.69. The van der Waals surface area contributed by atoms with Gasteiger partial charge in [0.25, 0.3) is 0 Å². The Hall–Kier alpha value is -0.830. The van der Waals surface area contributed by atoms with Crippen molar-refractivity contribution >= 4 is 0 Å². The van der Waals surface area contributed by atoms with E-state index in [1.807, 2.05) is 0 Å². The van der Waals surface area contributed by atoms with Crippen molar-refractivity contribution in [2.75, 3.05) is 6.54 Å². The molecule has 0 unspecified atom stereocenters. The lowest BCUT2D eigenvalue weighted by Gasteiger charge is -2.25. The van der Waals surface area contributed by atoms with Gasteiger partial charge < -0.3 is 9.73 Å². The summed E-state index contributed by atoms with van der Waals surface area (Å²) in [4.78, 5) is 4.36. The van der Waals surface area contributed by atoms with Gasteiger partial charge in [0.05, 0.1) is 5.69 Å². The van der Waals surface area contributed by atoms with Crippen LogP contribution in [0.1, 0.15) is 57.4 Å². The molecule has 0 radical (unpaired) electrons. The lowest BCUT2D eigenvalue weighted by Crippen LogP contribution is -2.24. The van der Waals surface area contributed by atoms with E-state index in [9.17, 15) is 0 Å². The molecule has 0 aromatic carbocycles. The Morgan fingerprint density at radius 2 is 2.12 bits per heavy atom. The van der Waals surface area contributed by atoms with Crippen molar-refractivity contribution in [3.05, 3.63) is 17.8 Å². The third-order valence-corrected chi connectivity index (χ3v) is 3.90. The molecule has 1 fully saturated rings. The molecule has 2 rings (SSSR count). The molecule has 1 aromatic heterocycles. The minimum Gasteiger partial charge on any atom is -0.448 e. The van der Waals surface area contributed by atoms with Crippen LogP contribution in [0, 0.1) is 0 Å². The highest BCUT2D eigenvalue weighted by Gasteiger charge is 2.38. The topological polar surface area (TPSA) is 38.1 Å². The van der Waals surface area contributed by atoms with Crippen LogP contribution in [0.5, 0.6) is 0 Å². The highest BCUT2D eigenvalue weighted by molar-refractivity contribution is 5.21. The van der Waals surface area contributed by atoms with Crippen molar-refractivity contribution in [2.24, 2.45) is 0 Å². The molecule has 0 aliphatic heterocycles. The third-order valence-electron chi connectivity index (χ3n) is 3.90. The maximum atomic E-state index is 5.69. The Morgan fingerprint density at radius 3 is 2.75 bits per heavy atom. The molecule has 1 aromatic rings. The maximum Gasteiger partial charge on any atom is 0.181 e. The molecule has 90 valence electrons. The zero-order valence-electron chi connectivity index (χ0n) is 10.4. The van der Waals surface area contributed by atoms with E-state index < -0.39 is 0 Å². The minimum atomic E-state index is 0.279. The molecule has 0 atom stereocenters. The summed E-state index contributed by atoms with van der Waals surface area (Å²) in [6.07, 6.45) is 7.96. The van der Waals surface area contributed by atoms with Gasteiger partial charge in [-0.15, -0.1) is 0 Å². The number of hydrogen-bond donors (Lipinski definition) is 1. The summed E-state index contributed by atoms with van der Waals surface area (Å²) in [5.74, 6) is 1.15. The van der Waals surface area contributed by atoms with E-state index in [2.05, 4.69) is 24.1 Å². The normalized spacial score (nSPS) is 19.1. The zero-order chi connectivity index (χ0) is 11.4. The Kier molecular flexibility index (Phi) is 3.64. The second-order valence-electron chi connectivity index (χ2n) is 4.75. The molecular weight excluding hydrogens is 200 g/mol. The molecule has 1 N–H and O–H groups in total. The molecule has 0 saturated heterocycles. The van der Waals surface area contributed by atoms with Crippen LogP contribution in [0.25, 0.3) is 0 Å². The molecule has 0 amide bonds. The molecule has 1 saturated carbocycles. The van der Waals surface area contributed by atoms with Gasteiger partial charge in [-0.3, -0.25) is 0 Å². The summed E-state index contributed by atoms with van der Waals surface area (Å²) in [5.41, 5.74) is 1.40. The molecule has 16 heavy (non-hydrogen) atoms. The van der Waals surface area contributed by atoms with Crippen LogP contribution in [0.4, 0.5) is 0 Å². The monoisotopic (exact) mass is 222 g/mol. The highest BCUT2D eigenvalue weighted by atomic mass is 16.3. The van der Waals surface area contributed by atoms with Crippen molar-refractivity contribution in [1.29, 1.82) is 0 Å². The van der Waals surface area contributed by atoms with Crippen molar-refractivity contribution in [1.82, 2.24) is 10.3 Å². The quantitative estimate of drug-likeness (QED) is 0.832. The number of nitrogens with one attached hydrogen (secondary N) is 1. The van der Waals surface area contributed by atoms with Gasteiger partial charge in [-0.2, -0.15) is 0 Å². The number of nitrogens with zero attached hydrogens (tertiary/aromatic N) is 1. The number of aromatic nitrogens is 1. The molecule has 3 heteroatoms. The molecule has 1 heterocycles. The summed E-state index contributed by atoms with van der Waals surface area (Å²) < 4.78 is 5.69. The van der Waals surface area contributed by atoms with E-state index in [1.54, 1.807) is 6.39 Å². The predicted molar refractivity (Wildman–Crippen MR) is 64.3 cm³/mol. The summed E-state index contributed by atoms with van der Waals surface area (Å²) in [5, 5.41) is 3.33. The standard InChI is InChI=1S/C13H22N2O/c1-3-13(7-5-6-8-13)12-11(9-14-4-2)15-10-16-12/h10,14H,3-9H2,1-2H3. The smallest absolute Gasteiger partial charge is 0.181 e. The van der Waals surface area contributed by atoms with Crippen LogP contribution >= 0.6 is 0 Å². The Bertz CT molecular complexity index is 326. The van der Waals surface area contributed by atoms with Gasteiger partial charge in [-0.05, 0) is 25.8 Å². The van der Waals surface area contributed by atoms with Crippen LogP contribution in [0.2, 0.25) is 0 Å². The van der Waals surface area contributed by atoms with E-state index in [-0.39, 0.29) is 5.41 Å². The molecule has 0 spiro atoms. The highest BCUT2D eigenvalue weighted by Crippen LogP contribution is 2.44. The van der Waals surface area contributed by atoms with Crippen LogP contribution in [0.3, 0.4) is 0 Å². The average Bonchev–Trinajstić information content (AvgIpc) is 2.95. The molecule has 1 aliphatic carbocycles. The van der Waals surface area contributed by atoms with Gasteiger partial charge in [-0.25, -0.2) is 4.98 Å². The van der Waals surface area contributed by atoms with Gasteiger partial charge in [0.2, 0.25) is 0 Å². The first-order chi connectivity index (χ1) is 7.82. The average molecular weight is 222 g/mol. The third kappa shape index (κ3) is 2.01. The first kappa shape index (κ1) is 11.6. The summed E-state index contributed by atoms with van der Waals surface area (Å²) >= 11 is 0. The number of oxazole rings is 1. The first-order valence-corrected chi connectivity index (χ1v) is 6.46. The zero-order valence-corrected chi connectivity index (χ0v) is 10.4. The van der Waals surface area contributed by atoms with E-state index >= 15 is 0 Å². The first-order valence-electron chi connectivity index (χ1n) is 6.46. The van der Waals surface area contributed by atoms with E-state index in [4.69, 9.17) is 4.42 Å². The lowest BCUT2D eigenvalue weighted by atomic mass is 9.80. The van der Waals surface area contributed by atoms with Crippen LogP contribution in [-0.4, -0.2) is 11.5 Å². The lowest BCUT2D eigenvalue weighted by molar-refractivity contribution is 0.325. The van der Waals surface area contributed by atoms with Gasteiger partial charge in [0, 0.05) is 12.0 Å². The van der Waals surface area contributed by atoms with Gasteiger partial charge >= 0.3 is 0 Å². The van der Waals surface area contributed by atoms with Crippen molar-refractivity contribution in [3.63, 3.8) is 0 Å². The van der Waals surface area contributed by atoms with E-state index in [0.717, 1.165) is 24.5 Å². The van der Waals surface area contributed by atoms with E-state index in [0.29, 0.717) is 0 Å².